The molecule has 134 valence electrons. The second-order valence-electron chi connectivity index (χ2n) is 5.36. The summed E-state index contributed by atoms with van der Waals surface area (Å²) in [6.45, 7) is 2.09. The third-order valence-corrected chi connectivity index (χ3v) is 4.04. The van der Waals surface area contributed by atoms with Crippen molar-refractivity contribution >= 4 is 23.1 Å². The Bertz CT molecular complexity index is 741. The smallest absolute Gasteiger partial charge is 0.256 e. The zero-order valence-electron chi connectivity index (χ0n) is 13.5. The van der Waals surface area contributed by atoms with Crippen LogP contribution in [0.4, 0.5) is 14.5 Å². The van der Waals surface area contributed by atoms with Crippen LogP contribution in [-0.4, -0.2) is 53.6 Å². The highest BCUT2D eigenvalue weighted by Gasteiger charge is 2.21. The molecular weight excluding hydrogens is 352 g/mol. The molecule has 1 fully saturated rings. The molecule has 7 nitrogen and oxygen atoms in total. The Hall–Kier alpha value is -2.33. The molecule has 1 aliphatic rings. The fourth-order valence-electron chi connectivity index (χ4n) is 2.51. The van der Waals surface area contributed by atoms with E-state index >= 15 is 0 Å². The first-order chi connectivity index (χ1) is 12.1. The summed E-state index contributed by atoms with van der Waals surface area (Å²) < 4.78 is 40.3. The van der Waals surface area contributed by atoms with E-state index in [-0.39, 0.29) is 16.5 Å². The Balaban J connectivity index is 1.79. The minimum atomic E-state index is -0.646. The third-order valence-electron chi connectivity index (χ3n) is 3.73. The van der Waals surface area contributed by atoms with Crippen molar-refractivity contribution in [2.45, 2.75) is 6.54 Å². The van der Waals surface area contributed by atoms with Crippen LogP contribution < -0.4 is 10.2 Å². The Kier molecular flexibility index (Phi) is 5.39. The highest BCUT2D eigenvalue weighted by molar-refractivity contribution is 7.80. The van der Waals surface area contributed by atoms with E-state index in [1.807, 2.05) is 0 Å². The van der Waals surface area contributed by atoms with Crippen molar-refractivity contribution in [3.63, 3.8) is 0 Å². The van der Waals surface area contributed by atoms with Crippen LogP contribution in [0.1, 0.15) is 5.69 Å². The molecule has 1 saturated heterocycles. The molecule has 0 radical (unpaired) electrons. The summed E-state index contributed by atoms with van der Waals surface area (Å²) in [6.07, 6.45) is 1.56. The molecule has 1 aliphatic heterocycles. The Morgan fingerprint density at radius 3 is 2.64 bits per heavy atom. The van der Waals surface area contributed by atoms with Crippen molar-refractivity contribution in [2.75, 3.05) is 38.3 Å². The van der Waals surface area contributed by atoms with Crippen molar-refractivity contribution < 1.29 is 18.3 Å². The van der Waals surface area contributed by atoms with Gasteiger partial charge in [-0.25, -0.2) is 13.5 Å². The van der Waals surface area contributed by atoms with Gasteiger partial charge in [-0.1, -0.05) is 5.21 Å². The van der Waals surface area contributed by atoms with E-state index < -0.39 is 11.6 Å². The topological polar surface area (TPSA) is 64.4 Å². The molecule has 0 amide bonds. The molecule has 10 heteroatoms. The van der Waals surface area contributed by atoms with Crippen molar-refractivity contribution in [3.8, 4) is 5.69 Å². The average molecular weight is 369 g/mol. The molecule has 2 aromatic rings. The molecule has 0 aliphatic carbocycles. The fourth-order valence-corrected chi connectivity index (χ4v) is 2.59. The van der Waals surface area contributed by atoms with E-state index in [9.17, 15) is 8.78 Å². The lowest BCUT2D eigenvalue weighted by molar-refractivity contribution is 0.122. The largest absolute Gasteiger partial charge is 0.474 e. The summed E-state index contributed by atoms with van der Waals surface area (Å²) >= 11 is 4.86. The van der Waals surface area contributed by atoms with Crippen LogP contribution in [0.3, 0.4) is 0 Å². The molecule has 1 aromatic carbocycles. The molecule has 0 unspecified atom stereocenters. The van der Waals surface area contributed by atoms with Crippen LogP contribution >= 0.6 is 12.2 Å². The van der Waals surface area contributed by atoms with Gasteiger partial charge in [0.05, 0.1) is 38.8 Å². The summed E-state index contributed by atoms with van der Waals surface area (Å²) in [6, 6.07) is 2.47. The average Bonchev–Trinajstić information content (AvgIpc) is 3.09. The maximum absolute atomic E-state index is 14.5. The van der Waals surface area contributed by atoms with Gasteiger partial charge in [-0.05, 0) is 12.2 Å². The number of halogens is 2. The van der Waals surface area contributed by atoms with Crippen LogP contribution in [0, 0.1) is 11.6 Å². The van der Waals surface area contributed by atoms with Crippen LogP contribution in [0.2, 0.25) is 0 Å². The first-order valence-electron chi connectivity index (χ1n) is 7.63. The molecule has 2 heterocycles. The zero-order chi connectivity index (χ0) is 17.8. The molecule has 0 atom stereocenters. The number of hydrogen-bond acceptors (Lipinski definition) is 6. The normalized spacial score (nSPS) is 14.4. The quantitative estimate of drug-likeness (QED) is 0.818. The zero-order valence-corrected chi connectivity index (χ0v) is 14.4. The summed E-state index contributed by atoms with van der Waals surface area (Å²) in [7, 11) is 1.45. The van der Waals surface area contributed by atoms with Gasteiger partial charge in [0.2, 0.25) is 0 Å². The van der Waals surface area contributed by atoms with E-state index in [4.69, 9.17) is 21.7 Å². The second-order valence-corrected chi connectivity index (χ2v) is 5.73. The highest BCUT2D eigenvalue weighted by atomic mass is 32.1. The molecule has 1 N–H and O–H groups in total. The Labute approximate surface area is 148 Å². The van der Waals surface area contributed by atoms with Crippen LogP contribution in [-0.2, 0) is 16.0 Å². The van der Waals surface area contributed by atoms with E-state index in [0.29, 0.717) is 38.5 Å². The van der Waals surface area contributed by atoms with Gasteiger partial charge >= 0.3 is 0 Å². The van der Waals surface area contributed by atoms with Gasteiger partial charge in [0.15, 0.2) is 11.6 Å². The van der Waals surface area contributed by atoms with Gasteiger partial charge in [0, 0.05) is 25.2 Å². The van der Waals surface area contributed by atoms with Gasteiger partial charge < -0.3 is 19.7 Å². The summed E-state index contributed by atoms with van der Waals surface area (Å²) in [4.78, 5) is 1.64. The molecular formula is C15H17F2N5O2S. The van der Waals surface area contributed by atoms with Crippen molar-refractivity contribution in [3.05, 3.63) is 35.7 Å². The predicted molar refractivity (Wildman–Crippen MR) is 90.8 cm³/mol. The number of hydrogen-bond donors (Lipinski definition) is 1. The standard InChI is InChI=1S/C15H17F2N5O2S/c1-23-15(25)18-8-10-9-22(20-19-10)11-6-12(16)14(13(17)7-11)21-2-4-24-5-3-21/h6-7,9H,2-5,8H2,1H3,(H,18,25). The Morgan fingerprint density at radius 2 is 2.00 bits per heavy atom. The third kappa shape index (κ3) is 4.02. The van der Waals surface area contributed by atoms with Gasteiger partial charge in [-0.3, -0.25) is 0 Å². The van der Waals surface area contributed by atoms with E-state index in [0.717, 1.165) is 0 Å². The van der Waals surface area contributed by atoms with Crippen molar-refractivity contribution in [1.82, 2.24) is 20.3 Å². The minimum Gasteiger partial charge on any atom is -0.474 e. The van der Waals surface area contributed by atoms with E-state index in [1.165, 1.54) is 23.9 Å². The van der Waals surface area contributed by atoms with Crippen LogP contribution in [0.5, 0.6) is 0 Å². The number of rotatable bonds is 4. The fraction of sp³-hybridized carbons (Fsp3) is 0.400. The van der Waals surface area contributed by atoms with Gasteiger partial charge in [-0.15, -0.1) is 5.10 Å². The Morgan fingerprint density at radius 1 is 1.32 bits per heavy atom. The maximum Gasteiger partial charge on any atom is 0.256 e. The minimum absolute atomic E-state index is 0.0421. The van der Waals surface area contributed by atoms with E-state index in [2.05, 4.69) is 15.6 Å². The van der Waals surface area contributed by atoms with Gasteiger partial charge in [0.1, 0.15) is 11.4 Å². The molecule has 0 spiro atoms. The lowest BCUT2D eigenvalue weighted by atomic mass is 10.2. The number of anilines is 1. The van der Waals surface area contributed by atoms with E-state index in [1.54, 1.807) is 11.1 Å². The van der Waals surface area contributed by atoms with Gasteiger partial charge in [-0.2, -0.15) is 0 Å². The number of nitrogens with zero attached hydrogens (tertiary/aromatic N) is 4. The maximum atomic E-state index is 14.5. The summed E-state index contributed by atoms with van der Waals surface area (Å²) in [5.74, 6) is -1.29. The molecule has 3 rings (SSSR count). The molecule has 0 saturated carbocycles. The number of ether oxygens (including phenoxy) is 2. The second kappa shape index (κ2) is 7.70. The molecule has 1 aromatic heterocycles. The first kappa shape index (κ1) is 17.5. The summed E-state index contributed by atoms with van der Waals surface area (Å²) in [5, 5.41) is 10.9. The molecule has 0 bridgehead atoms. The van der Waals surface area contributed by atoms with Gasteiger partial charge in [0.25, 0.3) is 5.17 Å². The summed E-state index contributed by atoms with van der Waals surface area (Å²) in [5.41, 5.74) is 0.761. The highest BCUT2D eigenvalue weighted by Crippen LogP contribution is 2.27. The van der Waals surface area contributed by atoms with Crippen LogP contribution in [0.25, 0.3) is 5.69 Å². The number of benzene rings is 1. The number of nitrogens with one attached hydrogen (secondary N) is 1. The predicted octanol–water partition coefficient (Wildman–Crippen LogP) is 1.40. The first-order valence-corrected chi connectivity index (χ1v) is 8.04. The number of methoxy groups -OCH3 is 1. The lowest BCUT2D eigenvalue weighted by Crippen LogP contribution is -2.37. The van der Waals surface area contributed by atoms with Crippen molar-refractivity contribution in [1.29, 1.82) is 0 Å². The lowest BCUT2D eigenvalue weighted by Gasteiger charge is -2.29. The van der Waals surface area contributed by atoms with Crippen molar-refractivity contribution in [2.24, 2.45) is 0 Å². The van der Waals surface area contributed by atoms with Crippen LogP contribution in [0.15, 0.2) is 18.3 Å². The number of aromatic nitrogens is 3. The monoisotopic (exact) mass is 369 g/mol. The number of morpholine rings is 1. The molecule has 25 heavy (non-hydrogen) atoms. The number of thiocarbonyl (C=S) groups is 1. The SMILES string of the molecule is COC(=S)NCc1cn(-c2cc(F)c(N3CCOCC3)c(F)c2)nn1.